The molecule has 0 saturated heterocycles. The SMILES string of the molecule is CC(C)C1CCC(NOC2CCCC2)CC1. The number of hydroxylamine groups is 1. The molecule has 0 atom stereocenters. The van der Waals surface area contributed by atoms with Crippen LogP contribution in [-0.2, 0) is 4.84 Å². The van der Waals surface area contributed by atoms with Crippen molar-refractivity contribution in [3.05, 3.63) is 0 Å². The minimum Gasteiger partial charge on any atom is -0.298 e. The Kier molecular flexibility index (Phi) is 4.66. The molecule has 0 amide bonds. The average molecular weight is 225 g/mol. The van der Waals surface area contributed by atoms with Gasteiger partial charge in [0.1, 0.15) is 0 Å². The Labute approximate surface area is 100 Å². The highest BCUT2D eigenvalue weighted by atomic mass is 16.7. The molecule has 2 heteroatoms. The first-order valence-electron chi connectivity index (χ1n) is 7.17. The van der Waals surface area contributed by atoms with Gasteiger partial charge in [-0.2, -0.15) is 5.48 Å². The van der Waals surface area contributed by atoms with E-state index in [1.807, 2.05) is 0 Å². The van der Waals surface area contributed by atoms with Crippen LogP contribution in [0.3, 0.4) is 0 Å². The standard InChI is InChI=1S/C14H27NO/c1-11(2)12-7-9-13(10-8-12)15-16-14-5-3-4-6-14/h11-15H,3-10H2,1-2H3. The summed E-state index contributed by atoms with van der Waals surface area (Å²) in [5.74, 6) is 1.81. The van der Waals surface area contributed by atoms with Gasteiger partial charge in [-0.15, -0.1) is 0 Å². The van der Waals surface area contributed by atoms with Gasteiger partial charge in [0.2, 0.25) is 0 Å². The Morgan fingerprint density at radius 2 is 1.56 bits per heavy atom. The lowest BCUT2D eigenvalue weighted by molar-refractivity contribution is -0.0493. The van der Waals surface area contributed by atoms with Crippen molar-refractivity contribution in [2.45, 2.75) is 77.4 Å². The largest absolute Gasteiger partial charge is 0.298 e. The van der Waals surface area contributed by atoms with Gasteiger partial charge in [-0.25, -0.2) is 0 Å². The van der Waals surface area contributed by atoms with Crippen LogP contribution in [0.25, 0.3) is 0 Å². The predicted molar refractivity (Wildman–Crippen MR) is 67.1 cm³/mol. The lowest BCUT2D eigenvalue weighted by atomic mass is 9.80. The van der Waals surface area contributed by atoms with E-state index in [9.17, 15) is 0 Å². The smallest absolute Gasteiger partial charge is 0.0790 e. The zero-order chi connectivity index (χ0) is 11.4. The molecular weight excluding hydrogens is 198 g/mol. The lowest BCUT2D eigenvalue weighted by Crippen LogP contribution is -2.36. The summed E-state index contributed by atoms with van der Waals surface area (Å²) in [6, 6.07) is 0.621. The molecule has 0 aromatic heterocycles. The van der Waals surface area contributed by atoms with E-state index in [0.29, 0.717) is 12.1 Å². The second kappa shape index (κ2) is 6.02. The Morgan fingerprint density at radius 1 is 0.938 bits per heavy atom. The molecule has 0 radical (unpaired) electrons. The number of nitrogens with one attached hydrogen (secondary N) is 1. The van der Waals surface area contributed by atoms with Crippen LogP contribution >= 0.6 is 0 Å². The van der Waals surface area contributed by atoms with Crippen molar-refractivity contribution >= 4 is 0 Å². The molecule has 0 aliphatic heterocycles. The van der Waals surface area contributed by atoms with Crippen LogP contribution in [0.5, 0.6) is 0 Å². The Hall–Kier alpha value is -0.0800. The van der Waals surface area contributed by atoms with Crippen molar-refractivity contribution in [1.82, 2.24) is 5.48 Å². The van der Waals surface area contributed by atoms with Crippen molar-refractivity contribution in [3.8, 4) is 0 Å². The third kappa shape index (κ3) is 3.46. The van der Waals surface area contributed by atoms with Gasteiger partial charge < -0.3 is 0 Å². The third-order valence-electron chi connectivity index (χ3n) is 4.42. The van der Waals surface area contributed by atoms with E-state index in [-0.39, 0.29) is 0 Å². The monoisotopic (exact) mass is 225 g/mol. The number of hydrogen-bond donors (Lipinski definition) is 1. The molecular formula is C14H27NO. The number of hydrogen-bond acceptors (Lipinski definition) is 2. The van der Waals surface area contributed by atoms with E-state index >= 15 is 0 Å². The quantitative estimate of drug-likeness (QED) is 0.737. The Morgan fingerprint density at radius 3 is 2.12 bits per heavy atom. The lowest BCUT2D eigenvalue weighted by Gasteiger charge is -2.31. The van der Waals surface area contributed by atoms with Gasteiger partial charge in [0.05, 0.1) is 6.10 Å². The van der Waals surface area contributed by atoms with Gasteiger partial charge in [0.15, 0.2) is 0 Å². The van der Waals surface area contributed by atoms with Gasteiger partial charge in [0, 0.05) is 6.04 Å². The first-order valence-corrected chi connectivity index (χ1v) is 7.17. The van der Waals surface area contributed by atoms with Crippen molar-refractivity contribution in [2.75, 3.05) is 0 Å². The zero-order valence-electron chi connectivity index (χ0n) is 10.9. The van der Waals surface area contributed by atoms with Crippen LogP contribution in [0.1, 0.15) is 65.2 Å². The van der Waals surface area contributed by atoms with E-state index in [2.05, 4.69) is 19.3 Å². The first-order chi connectivity index (χ1) is 7.75. The molecule has 0 bridgehead atoms. The molecule has 0 unspecified atom stereocenters. The van der Waals surface area contributed by atoms with Gasteiger partial charge >= 0.3 is 0 Å². The summed E-state index contributed by atoms with van der Waals surface area (Å²) in [5, 5.41) is 0. The molecule has 2 saturated carbocycles. The van der Waals surface area contributed by atoms with Crippen LogP contribution in [0.2, 0.25) is 0 Å². The van der Waals surface area contributed by atoms with Crippen molar-refractivity contribution < 1.29 is 4.84 Å². The highest BCUT2D eigenvalue weighted by Crippen LogP contribution is 2.30. The minimum atomic E-state index is 0.503. The normalized spacial score (nSPS) is 32.4. The van der Waals surface area contributed by atoms with Crippen LogP contribution in [-0.4, -0.2) is 12.1 Å². The molecule has 2 aliphatic carbocycles. The summed E-state index contributed by atoms with van der Waals surface area (Å²) in [6.07, 6.45) is 11.1. The van der Waals surface area contributed by atoms with Gasteiger partial charge in [-0.05, 0) is 50.4 Å². The van der Waals surface area contributed by atoms with Crippen LogP contribution < -0.4 is 5.48 Å². The van der Waals surface area contributed by atoms with E-state index in [1.54, 1.807) is 0 Å². The summed E-state index contributed by atoms with van der Waals surface area (Å²) in [4.78, 5) is 5.79. The molecule has 2 fully saturated rings. The van der Waals surface area contributed by atoms with Crippen LogP contribution in [0.4, 0.5) is 0 Å². The highest BCUT2D eigenvalue weighted by molar-refractivity contribution is 4.77. The first kappa shape index (κ1) is 12.4. The molecule has 0 aromatic rings. The zero-order valence-corrected chi connectivity index (χ0v) is 10.9. The second-order valence-corrected chi connectivity index (χ2v) is 6.00. The fraction of sp³-hybridized carbons (Fsp3) is 1.00. The maximum Gasteiger partial charge on any atom is 0.0790 e. The van der Waals surface area contributed by atoms with Gasteiger partial charge in [0.25, 0.3) is 0 Å². The summed E-state index contributed by atoms with van der Waals surface area (Å²) in [6.45, 7) is 4.71. The second-order valence-electron chi connectivity index (χ2n) is 6.00. The van der Waals surface area contributed by atoms with E-state index in [0.717, 1.165) is 11.8 Å². The maximum atomic E-state index is 5.79. The minimum absolute atomic E-state index is 0.503. The number of rotatable bonds is 4. The molecule has 16 heavy (non-hydrogen) atoms. The average Bonchev–Trinajstić information content (AvgIpc) is 2.80. The van der Waals surface area contributed by atoms with Gasteiger partial charge in [-0.1, -0.05) is 26.7 Å². The van der Waals surface area contributed by atoms with Crippen LogP contribution in [0, 0.1) is 11.8 Å². The van der Waals surface area contributed by atoms with Gasteiger partial charge in [-0.3, -0.25) is 4.84 Å². The molecule has 2 nitrogen and oxygen atoms in total. The molecule has 0 heterocycles. The topological polar surface area (TPSA) is 21.3 Å². The summed E-state index contributed by atoms with van der Waals surface area (Å²) < 4.78 is 0. The van der Waals surface area contributed by atoms with Crippen molar-refractivity contribution in [2.24, 2.45) is 11.8 Å². The Bertz CT molecular complexity index is 191. The molecule has 0 aromatic carbocycles. The van der Waals surface area contributed by atoms with Crippen LogP contribution in [0.15, 0.2) is 0 Å². The molecule has 2 rings (SSSR count). The van der Waals surface area contributed by atoms with E-state index < -0.39 is 0 Å². The summed E-state index contributed by atoms with van der Waals surface area (Å²) in [7, 11) is 0. The Balaban J connectivity index is 1.61. The predicted octanol–water partition coefficient (Wildman–Crippen LogP) is 3.67. The van der Waals surface area contributed by atoms with Crippen molar-refractivity contribution in [1.29, 1.82) is 0 Å². The fourth-order valence-corrected chi connectivity index (χ4v) is 3.10. The third-order valence-corrected chi connectivity index (χ3v) is 4.42. The molecule has 2 aliphatic rings. The molecule has 0 spiro atoms. The summed E-state index contributed by atoms with van der Waals surface area (Å²) >= 11 is 0. The van der Waals surface area contributed by atoms with E-state index in [4.69, 9.17) is 4.84 Å². The summed E-state index contributed by atoms with van der Waals surface area (Å²) in [5.41, 5.74) is 3.32. The van der Waals surface area contributed by atoms with E-state index in [1.165, 1.54) is 51.4 Å². The fourth-order valence-electron chi connectivity index (χ4n) is 3.10. The highest BCUT2D eigenvalue weighted by Gasteiger charge is 2.24. The van der Waals surface area contributed by atoms with Crippen molar-refractivity contribution in [3.63, 3.8) is 0 Å². The molecule has 94 valence electrons. The maximum absolute atomic E-state index is 5.79. The molecule has 1 N–H and O–H groups in total.